The Morgan fingerprint density at radius 1 is 1.07 bits per heavy atom. The summed E-state index contributed by atoms with van der Waals surface area (Å²) in [4.78, 5) is 0. The summed E-state index contributed by atoms with van der Waals surface area (Å²) in [5.74, 6) is 0. The maximum atomic E-state index is 6.20. The van der Waals surface area contributed by atoms with Gasteiger partial charge in [0.15, 0.2) is 0 Å². The van der Waals surface area contributed by atoms with Crippen molar-refractivity contribution in [1.29, 1.82) is 0 Å². The third kappa shape index (κ3) is 3.03. The van der Waals surface area contributed by atoms with Crippen LogP contribution in [0, 0.1) is 0 Å². The second-order valence-corrected chi connectivity index (χ2v) is 4.74. The predicted molar refractivity (Wildman–Crippen MR) is 69.5 cm³/mol. The molecule has 1 aromatic carbocycles. The van der Waals surface area contributed by atoms with Crippen LogP contribution in [0.5, 0.6) is 0 Å². The summed E-state index contributed by atoms with van der Waals surface area (Å²) >= 11 is 18.5. The Balaban J connectivity index is 3.11. The van der Waals surface area contributed by atoms with E-state index in [1.807, 2.05) is 13.0 Å². The van der Waals surface area contributed by atoms with Gasteiger partial charge in [-0.2, -0.15) is 0 Å². The first-order chi connectivity index (χ1) is 7.11. The van der Waals surface area contributed by atoms with Crippen molar-refractivity contribution in [2.24, 2.45) is 0 Å². The molecule has 0 aromatic heterocycles. The minimum Gasteiger partial charge on any atom is -0.0840 e. The van der Waals surface area contributed by atoms with Crippen LogP contribution in [0.4, 0.5) is 0 Å². The van der Waals surface area contributed by atoms with Gasteiger partial charge in [-0.15, -0.1) is 0 Å². The summed E-state index contributed by atoms with van der Waals surface area (Å²) in [7, 11) is 0. The van der Waals surface area contributed by atoms with Crippen LogP contribution in [-0.4, -0.2) is 0 Å². The van der Waals surface area contributed by atoms with Gasteiger partial charge in [0, 0.05) is 5.02 Å². The maximum absolute atomic E-state index is 6.20. The molecule has 1 rings (SSSR count). The average Bonchev–Trinajstić information content (AvgIpc) is 2.23. The number of aryl methyl sites for hydroxylation is 1. The zero-order valence-electron chi connectivity index (χ0n) is 9.04. The van der Waals surface area contributed by atoms with Gasteiger partial charge in [-0.25, -0.2) is 0 Å². The van der Waals surface area contributed by atoms with Gasteiger partial charge in [-0.1, -0.05) is 55.1 Å². The van der Waals surface area contributed by atoms with Gasteiger partial charge in [0.25, 0.3) is 0 Å². The first-order valence-electron chi connectivity index (χ1n) is 5.27. The van der Waals surface area contributed by atoms with E-state index >= 15 is 0 Å². The lowest BCUT2D eigenvalue weighted by atomic mass is 10.0. The van der Waals surface area contributed by atoms with Crippen molar-refractivity contribution in [1.82, 2.24) is 0 Å². The summed E-state index contributed by atoms with van der Waals surface area (Å²) in [5.41, 5.74) is 2.01. The molecule has 15 heavy (non-hydrogen) atoms. The third-order valence-corrected chi connectivity index (χ3v) is 3.77. The van der Waals surface area contributed by atoms with Crippen LogP contribution >= 0.6 is 34.8 Å². The second kappa shape index (κ2) is 5.98. The van der Waals surface area contributed by atoms with Crippen molar-refractivity contribution in [3.63, 3.8) is 0 Å². The third-order valence-electron chi connectivity index (χ3n) is 2.49. The summed E-state index contributed by atoms with van der Waals surface area (Å²) in [6, 6.07) is 1.93. The molecule has 0 amide bonds. The van der Waals surface area contributed by atoms with Crippen LogP contribution < -0.4 is 0 Å². The lowest BCUT2D eigenvalue weighted by Crippen LogP contribution is -1.93. The summed E-state index contributed by atoms with van der Waals surface area (Å²) in [6.07, 6.45) is 3.96. The number of hydrogen-bond acceptors (Lipinski definition) is 0. The summed E-state index contributed by atoms with van der Waals surface area (Å²) < 4.78 is 0. The topological polar surface area (TPSA) is 0 Å². The van der Waals surface area contributed by atoms with E-state index in [9.17, 15) is 0 Å². The van der Waals surface area contributed by atoms with Crippen LogP contribution in [0.3, 0.4) is 0 Å². The average molecular weight is 266 g/mol. The SMILES string of the molecule is CCCCc1c(Cl)cc(CC)c(Cl)c1Cl. The Hall–Kier alpha value is 0.0900. The highest BCUT2D eigenvalue weighted by Gasteiger charge is 2.12. The van der Waals surface area contributed by atoms with Crippen LogP contribution in [0.2, 0.25) is 15.1 Å². The molecule has 0 bridgehead atoms. The van der Waals surface area contributed by atoms with E-state index in [0.29, 0.717) is 10.0 Å². The zero-order valence-corrected chi connectivity index (χ0v) is 11.3. The quantitative estimate of drug-likeness (QED) is 0.626. The first kappa shape index (κ1) is 13.2. The maximum Gasteiger partial charge on any atom is 0.0641 e. The fraction of sp³-hybridized carbons (Fsp3) is 0.500. The first-order valence-corrected chi connectivity index (χ1v) is 6.40. The van der Waals surface area contributed by atoms with Crippen LogP contribution in [0.25, 0.3) is 0 Å². The smallest absolute Gasteiger partial charge is 0.0641 e. The zero-order chi connectivity index (χ0) is 11.4. The molecule has 0 heterocycles. The van der Waals surface area contributed by atoms with E-state index in [1.54, 1.807) is 0 Å². The standard InChI is InChI=1S/C12H15Cl3/c1-3-5-6-9-10(13)7-8(4-2)11(14)12(9)15/h7H,3-6H2,1-2H3. The minimum atomic E-state index is 0.634. The summed E-state index contributed by atoms with van der Waals surface area (Å²) in [5, 5.41) is 2.04. The van der Waals surface area contributed by atoms with Gasteiger partial charge in [0.1, 0.15) is 0 Å². The largest absolute Gasteiger partial charge is 0.0840 e. The van der Waals surface area contributed by atoms with Gasteiger partial charge >= 0.3 is 0 Å². The molecule has 0 aliphatic rings. The Morgan fingerprint density at radius 3 is 2.27 bits per heavy atom. The van der Waals surface area contributed by atoms with E-state index in [0.717, 1.165) is 41.8 Å². The molecule has 0 spiro atoms. The number of halogens is 3. The fourth-order valence-electron chi connectivity index (χ4n) is 1.52. The molecular weight excluding hydrogens is 250 g/mol. The number of unbranched alkanes of at least 4 members (excludes halogenated alkanes) is 1. The Morgan fingerprint density at radius 2 is 1.73 bits per heavy atom. The van der Waals surface area contributed by atoms with E-state index in [2.05, 4.69) is 6.92 Å². The normalized spacial score (nSPS) is 10.7. The van der Waals surface area contributed by atoms with Gasteiger partial charge in [-0.3, -0.25) is 0 Å². The van der Waals surface area contributed by atoms with Crippen molar-refractivity contribution >= 4 is 34.8 Å². The molecule has 0 aliphatic carbocycles. The monoisotopic (exact) mass is 264 g/mol. The number of hydrogen-bond donors (Lipinski definition) is 0. The van der Waals surface area contributed by atoms with E-state index in [1.165, 1.54) is 0 Å². The van der Waals surface area contributed by atoms with Crippen molar-refractivity contribution < 1.29 is 0 Å². The number of benzene rings is 1. The molecule has 0 N–H and O–H groups in total. The highest BCUT2D eigenvalue weighted by Crippen LogP contribution is 2.35. The highest BCUT2D eigenvalue weighted by molar-refractivity contribution is 6.44. The highest BCUT2D eigenvalue weighted by atomic mass is 35.5. The number of rotatable bonds is 4. The van der Waals surface area contributed by atoms with Crippen molar-refractivity contribution in [2.75, 3.05) is 0 Å². The van der Waals surface area contributed by atoms with Gasteiger partial charge in [0.2, 0.25) is 0 Å². The molecule has 1 aromatic rings. The van der Waals surface area contributed by atoms with Crippen LogP contribution in [0.15, 0.2) is 6.07 Å². The molecule has 0 saturated heterocycles. The lowest BCUT2D eigenvalue weighted by molar-refractivity contribution is 0.795. The van der Waals surface area contributed by atoms with E-state index < -0.39 is 0 Å². The molecule has 0 aliphatic heterocycles. The molecule has 0 unspecified atom stereocenters. The Kier molecular flexibility index (Phi) is 5.25. The second-order valence-electron chi connectivity index (χ2n) is 3.58. The molecule has 0 atom stereocenters. The molecule has 3 heteroatoms. The summed E-state index contributed by atoms with van der Waals surface area (Å²) in [6.45, 7) is 4.18. The minimum absolute atomic E-state index is 0.634. The van der Waals surface area contributed by atoms with Crippen molar-refractivity contribution in [2.45, 2.75) is 39.5 Å². The van der Waals surface area contributed by atoms with Gasteiger partial charge in [-0.05, 0) is 36.5 Å². The van der Waals surface area contributed by atoms with E-state index in [-0.39, 0.29) is 0 Å². The molecule has 0 saturated carbocycles. The van der Waals surface area contributed by atoms with Gasteiger partial charge < -0.3 is 0 Å². The Labute approximate surface area is 107 Å². The fourth-order valence-corrected chi connectivity index (χ4v) is 2.51. The lowest BCUT2D eigenvalue weighted by Gasteiger charge is -2.11. The van der Waals surface area contributed by atoms with Crippen molar-refractivity contribution in [3.8, 4) is 0 Å². The molecule has 0 nitrogen and oxygen atoms in total. The van der Waals surface area contributed by atoms with Crippen LogP contribution in [-0.2, 0) is 12.8 Å². The van der Waals surface area contributed by atoms with Gasteiger partial charge in [0.05, 0.1) is 10.0 Å². The van der Waals surface area contributed by atoms with E-state index in [4.69, 9.17) is 34.8 Å². The molecule has 84 valence electrons. The molecular formula is C12H15Cl3. The molecule has 0 radical (unpaired) electrons. The molecule has 0 fully saturated rings. The van der Waals surface area contributed by atoms with Crippen molar-refractivity contribution in [3.05, 3.63) is 32.3 Å². The predicted octanol–water partition coefficient (Wildman–Crippen LogP) is 5.55. The van der Waals surface area contributed by atoms with Crippen LogP contribution in [0.1, 0.15) is 37.8 Å². The Bertz CT molecular complexity index is 345.